The van der Waals surface area contributed by atoms with Crippen molar-refractivity contribution in [1.29, 1.82) is 5.26 Å². The number of hydrogen-bond acceptors (Lipinski definition) is 3. The Balaban J connectivity index is 3.56. The van der Waals surface area contributed by atoms with E-state index in [0.29, 0.717) is 11.5 Å². The number of nitrogens with zero attached hydrogens (tertiary/aromatic N) is 1. The van der Waals surface area contributed by atoms with Crippen molar-refractivity contribution in [1.82, 2.24) is 0 Å². The smallest absolute Gasteiger partial charge is 0.0683 e. The summed E-state index contributed by atoms with van der Waals surface area (Å²) < 4.78 is 11.4. The van der Waals surface area contributed by atoms with E-state index in [4.69, 9.17) is 11.0 Å². The molecule has 0 aromatic carbocycles. The highest BCUT2D eigenvalue weighted by atomic mass is 32.2. The molecule has 15 heavy (non-hydrogen) atoms. The van der Waals surface area contributed by atoms with Gasteiger partial charge in [0.25, 0.3) is 0 Å². The lowest BCUT2D eigenvalue weighted by Gasteiger charge is -2.14. The Kier molecular flexibility index (Phi) is 6.78. The van der Waals surface area contributed by atoms with Gasteiger partial charge < -0.3 is 5.73 Å². The molecule has 0 radical (unpaired) electrons. The van der Waals surface area contributed by atoms with Gasteiger partial charge in [-0.25, -0.2) is 0 Å². The first kappa shape index (κ1) is 14.6. The molecule has 0 aromatic heterocycles. The van der Waals surface area contributed by atoms with Crippen LogP contribution in [0.3, 0.4) is 0 Å². The lowest BCUT2D eigenvalue weighted by atomic mass is 9.89. The molecule has 2 atom stereocenters. The number of nitriles is 1. The maximum atomic E-state index is 11.4. The molecule has 3 nitrogen and oxygen atoms in total. The van der Waals surface area contributed by atoms with Crippen molar-refractivity contribution in [2.45, 2.75) is 46.1 Å². The van der Waals surface area contributed by atoms with E-state index in [1.165, 1.54) is 0 Å². The standard InChI is InChI=1S/C11H22N2OS/c1-10(13)8-15(14)7-5-4-6-11(2,3)9-12/h10H,4-8,13H2,1-3H3. The van der Waals surface area contributed by atoms with Gasteiger partial charge in [0.2, 0.25) is 0 Å². The van der Waals surface area contributed by atoms with Gasteiger partial charge in [-0.2, -0.15) is 5.26 Å². The highest BCUT2D eigenvalue weighted by molar-refractivity contribution is 7.85. The lowest BCUT2D eigenvalue weighted by Crippen LogP contribution is -2.24. The van der Waals surface area contributed by atoms with Crippen molar-refractivity contribution < 1.29 is 4.21 Å². The molecule has 0 heterocycles. The molecule has 0 aliphatic heterocycles. The molecule has 0 aliphatic rings. The van der Waals surface area contributed by atoms with E-state index in [0.717, 1.165) is 19.3 Å². The number of nitrogens with two attached hydrogens (primary N) is 1. The maximum Gasteiger partial charge on any atom is 0.0683 e. The fourth-order valence-electron chi connectivity index (χ4n) is 1.26. The van der Waals surface area contributed by atoms with Gasteiger partial charge >= 0.3 is 0 Å². The van der Waals surface area contributed by atoms with Crippen molar-refractivity contribution >= 4 is 10.8 Å². The minimum absolute atomic E-state index is 0.0152. The summed E-state index contributed by atoms with van der Waals surface area (Å²) in [5.41, 5.74) is 5.30. The van der Waals surface area contributed by atoms with E-state index in [-0.39, 0.29) is 11.5 Å². The summed E-state index contributed by atoms with van der Waals surface area (Å²) in [4.78, 5) is 0. The molecule has 0 fully saturated rings. The number of rotatable bonds is 7. The summed E-state index contributed by atoms with van der Waals surface area (Å²) in [5, 5.41) is 8.79. The zero-order valence-corrected chi connectivity index (χ0v) is 10.8. The van der Waals surface area contributed by atoms with Crippen molar-refractivity contribution in [3.63, 3.8) is 0 Å². The first-order valence-corrected chi connectivity index (χ1v) is 6.88. The second kappa shape index (κ2) is 6.97. The second-order valence-corrected chi connectivity index (χ2v) is 6.36. The van der Waals surface area contributed by atoms with Crippen LogP contribution < -0.4 is 5.73 Å². The predicted molar refractivity (Wildman–Crippen MR) is 64.8 cm³/mol. The minimum atomic E-state index is -0.788. The fourth-order valence-corrected chi connectivity index (χ4v) is 2.54. The van der Waals surface area contributed by atoms with Crippen molar-refractivity contribution in [3.05, 3.63) is 0 Å². The van der Waals surface area contributed by atoms with E-state index < -0.39 is 10.8 Å². The third kappa shape index (κ3) is 8.59. The first-order valence-electron chi connectivity index (χ1n) is 5.39. The van der Waals surface area contributed by atoms with E-state index in [2.05, 4.69) is 6.07 Å². The summed E-state index contributed by atoms with van der Waals surface area (Å²) in [6.07, 6.45) is 2.76. The van der Waals surface area contributed by atoms with Crippen LogP contribution in [0.5, 0.6) is 0 Å². The number of hydrogen-bond donors (Lipinski definition) is 1. The largest absolute Gasteiger partial charge is 0.327 e. The van der Waals surface area contributed by atoms with Crippen LogP contribution in [-0.2, 0) is 10.8 Å². The molecular formula is C11H22N2OS. The lowest BCUT2D eigenvalue weighted by molar-refractivity contribution is 0.432. The van der Waals surface area contributed by atoms with Crippen molar-refractivity contribution in [2.24, 2.45) is 11.1 Å². The molecular weight excluding hydrogens is 208 g/mol. The zero-order valence-electron chi connectivity index (χ0n) is 9.95. The maximum absolute atomic E-state index is 11.4. The summed E-state index contributed by atoms with van der Waals surface area (Å²) >= 11 is 0. The van der Waals surface area contributed by atoms with Crippen LogP contribution in [0.1, 0.15) is 40.0 Å². The molecule has 0 bridgehead atoms. The monoisotopic (exact) mass is 230 g/mol. The fraction of sp³-hybridized carbons (Fsp3) is 0.909. The van der Waals surface area contributed by atoms with Gasteiger partial charge in [-0.3, -0.25) is 4.21 Å². The average molecular weight is 230 g/mol. The van der Waals surface area contributed by atoms with E-state index in [9.17, 15) is 4.21 Å². The van der Waals surface area contributed by atoms with Gasteiger partial charge in [-0.1, -0.05) is 6.42 Å². The van der Waals surface area contributed by atoms with Gasteiger partial charge in [0.05, 0.1) is 11.5 Å². The Morgan fingerprint density at radius 2 is 2.07 bits per heavy atom. The van der Waals surface area contributed by atoms with E-state index in [1.54, 1.807) is 0 Å². The SMILES string of the molecule is CC(N)CS(=O)CCCCC(C)(C)C#N. The Hall–Kier alpha value is -0.400. The third-order valence-electron chi connectivity index (χ3n) is 2.18. The highest BCUT2D eigenvalue weighted by Gasteiger charge is 2.15. The number of unbranched alkanes of at least 4 members (excludes halogenated alkanes) is 1. The summed E-state index contributed by atoms with van der Waals surface area (Å²) in [6, 6.07) is 2.28. The molecule has 88 valence electrons. The molecule has 0 spiro atoms. The summed E-state index contributed by atoms with van der Waals surface area (Å²) in [6.45, 7) is 5.74. The normalized spacial score (nSPS) is 15.7. The van der Waals surface area contributed by atoms with Crippen LogP contribution in [0.4, 0.5) is 0 Å². The van der Waals surface area contributed by atoms with Gasteiger partial charge in [0, 0.05) is 28.3 Å². The minimum Gasteiger partial charge on any atom is -0.327 e. The Bertz CT molecular complexity index is 243. The molecule has 0 amide bonds. The van der Waals surface area contributed by atoms with E-state index in [1.807, 2.05) is 20.8 Å². The second-order valence-electron chi connectivity index (χ2n) is 4.74. The van der Waals surface area contributed by atoms with Gasteiger partial charge in [-0.05, 0) is 33.6 Å². The third-order valence-corrected chi connectivity index (χ3v) is 3.82. The Morgan fingerprint density at radius 1 is 1.47 bits per heavy atom. The predicted octanol–water partition coefficient (Wildman–Crippen LogP) is 1.80. The first-order chi connectivity index (χ1) is 6.87. The highest BCUT2D eigenvalue weighted by Crippen LogP contribution is 2.21. The molecule has 4 heteroatoms. The molecule has 0 aliphatic carbocycles. The van der Waals surface area contributed by atoms with Crippen LogP contribution >= 0.6 is 0 Å². The van der Waals surface area contributed by atoms with E-state index >= 15 is 0 Å². The van der Waals surface area contributed by atoms with Crippen LogP contribution in [0.2, 0.25) is 0 Å². The van der Waals surface area contributed by atoms with Crippen LogP contribution in [0, 0.1) is 16.7 Å². The van der Waals surface area contributed by atoms with Crippen LogP contribution in [0.15, 0.2) is 0 Å². The van der Waals surface area contributed by atoms with Gasteiger partial charge in [0.1, 0.15) is 0 Å². The topological polar surface area (TPSA) is 66.9 Å². The molecule has 2 unspecified atom stereocenters. The van der Waals surface area contributed by atoms with Crippen molar-refractivity contribution in [3.8, 4) is 6.07 Å². The molecule has 0 saturated carbocycles. The molecule has 0 saturated heterocycles. The Labute approximate surface area is 95.5 Å². The molecule has 2 N–H and O–H groups in total. The molecule has 0 aromatic rings. The zero-order chi connectivity index (χ0) is 11.9. The Morgan fingerprint density at radius 3 is 2.53 bits per heavy atom. The van der Waals surface area contributed by atoms with Gasteiger partial charge in [0.15, 0.2) is 0 Å². The van der Waals surface area contributed by atoms with Crippen LogP contribution in [-0.4, -0.2) is 21.8 Å². The van der Waals surface area contributed by atoms with Crippen LogP contribution in [0.25, 0.3) is 0 Å². The van der Waals surface area contributed by atoms with Crippen molar-refractivity contribution in [2.75, 3.05) is 11.5 Å². The average Bonchev–Trinajstić information content (AvgIpc) is 2.11. The quantitative estimate of drug-likeness (QED) is 0.678. The summed E-state index contributed by atoms with van der Waals surface area (Å²) in [5.74, 6) is 1.30. The summed E-state index contributed by atoms with van der Waals surface area (Å²) in [7, 11) is -0.788. The molecule has 0 rings (SSSR count). The van der Waals surface area contributed by atoms with Gasteiger partial charge in [-0.15, -0.1) is 0 Å².